The van der Waals surface area contributed by atoms with Crippen molar-refractivity contribution >= 4 is 0 Å². The molecule has 3 atom stereocenters. The molecule has 1 aromatic heterocycles. The molecule has 0 amide bonds. The van der Waals surface area contributed by atoms with Gasteiger partial charge in [-0.05, 0) is 32.1 Å². The average Bonchev–Trinajstić information content (AvgIpc) is 3.11. The van der Waals surface area contributed by atoms with Crippen molar-refractivity contribution in [3.05, 3.63) is 17.7 Å². The molecule has 1 saturated carbocycles. The molecule has 1 aliphatic carbocycles. The fourth-order valence-corrected chi connectivity index (χ4v) is 4.14. The first-order chi connectivity index (χ1) is 10.7. The molecule has 3 rings (SSSR count). The topological polar surface area (TPSA) is 61.4 Å². The van der Waals surface area contributed by atoms with Gasteiger partial charge in [0.25, 0.3) is 0 Å². The summed E-state index contributed by atoms with van der Waals surface area (Å²) in [7, 11) is 1.83. The SMILES string of the molecule is CCCCc1ncc(CN2CC[C@]3(OC)CC[C@@H](O)C[C@H]23)[nH]1. The highest BCUT2D eigenvalue weighted by atomic mass is 16.5. The van der Waals surface area contributed by atoms with Gasteiger partial charge in [-0.15, -0.1) is 0 Å². The van der Waals surface area contributed by atoms with E-state index in [1.165, 1.54) is 18.5 Å². The number of rotatable bonds is 6. The number of hydrogen-bond donors (Lipinski definition) is 2. The minimum Gasteiger partial charge on any atom is -0.393 e. The molecule has 2 aliphatic rings. The smallest absolute Gasteiger partial charge is 0.106 e. The molecule has 124 valence electrons. The number of aliphatic hydroxyl groups is 1. The van der Waals surface area contributed by atoms with Crippen LogP contribution in [0.15, 0.2) is 6.20 Å². The summed E-state index contributed by atoms with van der Waals surface area (Å²) in [6.45, 7) is 4.11. The second kappa shape index (κ2) is 6.69. The first-order valence-corrected chi connectivity index (χ1v) is 8.67. The van der Waals surface area contributed by atoms with E-state index in [-0.39, 0.29) is 11.7 Å². The Morgan fingerprint density at radius 3 is 3.14 bits per heavy atom. The lowest BCUT2D eigenvalue weighted by Crippen LogP contribution is -2.51. The molecule has 2 heterocycles. The number of aromatic nitrogens is 2. The van der Waals surface area contributed by atoms with Gasteiger partial charge in [0.15, 0.2) is 0 Å². The zero-order chi connectivity index (χ0) is 15.6. The Morgan fingerprint density at radius 2 is 2.36 bits per heavy atom. The number of ether oxygens (including phenoxy) is 1. The monoisotopic (exact) mass is 307 g/mol. The van der Waals surface area contributed by atoms with Crippen molar-refractivity contribution in [1.29, 1.82) is 0 Å². The van der Waals surface area contributed by atoms with Gasteiger partial charge in [0.2, 0.25) is 0 Å². The molecule has 2 fully saturated rings. The molecule has 0 bridgehead atoms. The number of H-pyrrole nitrogens is 1. The van der Waals surface area contributed by atoms with E-state index in [0.29, 0.717) is 6.04 Å². The van der Waals surface area contributed by atoms with Crippen LogP contribution in [0.1, 0.15) is 57.0 Å². The molecule has 0 spiro atoms. The second-order valence-electron chi connectivity index (χ2n) is 6.89. The lowest BCUT2D eigenvalue weighted by molar-refractivity contribution is -0.0880. The lowest BCUT2D eigenvalue weighted by atomic mass is 9.79. The van der Waals surface area contributed by atoms with Crippen molar-refractivity contribution < 1.29 is 9.84 Å². The predicted octanol–water partition coefficient (Wildman–Crippen LogP) is 2.26. The number of aryl methyl sites for hydroxylation is 1. The third-order valence-electron chi connectivity index (χ3n) is 5.49. The number of aliphatic hydroxyl groups excluding tert-OH is 1. The molecule has 0 radical (unpaired) electrons. The summed E-state index contributed by atoms with van der Waals surface area (Å²) in [5.74, 6) is 1.10. The van der Waals surface area contributed by atoms with Crippen molar-refractivity contribution in [2.24, 2.45) is 0 Å². The minimum absolute atomic E-state index is 0.0513. The molecule has 1 saturated heterocycles. The summed E-state index contributed by atoms with van der Waals surface area (Å²) in [5.41, 5.74) is 1.13. The van der Waals surface area contributed by atoms with Crippen molar-refractivity contribution in [1.82, 2.24) is 14.9 Å². The largest absolute Gasteiger partial charge is 0.393 e. The van der Waals surface area contributed by atoms with Gasteiger partial charge in [-0.3, -0.25) is 4.90 Å². The summed E-state index contributed by atoms with van der Waals surface area (Å²) in [4.78, 5) is 10.4. The molecule has 5 heteroatoms. The maximum Gasteiger partial charge on any atom is 0.106 e. The summed E-state index contributed by atoms with van der Waals surface area (Å²) in [6.07, 6.45) is 8.91. The van der Waals surface area contributed by atoms with E-state index in [2.05, 4.69) is 21.8 Å². The number of hydrogen-bond acceptors (Lipinski definition) is 4. The molecule has 2 N–H and O–H groups in total. The summed E-state index contributed by atoms with van der Waals surface area (Å²) in [5, 5.41) is 10.0. The summed E-state index contributed by atoms with van der Waals surface area (Å²) < 4.78 is 5.90. The van der Waals surface area contributed by atoms with Crippen LogP contribution in [0.25, 0.3) is 0 Å². The molecular weight excluding hydrogens is 278 g/mol. The van der Waals surface area contributed by atoms with Gasteiger partial charge in [-0.1, -0.05) is 13.3 Å². The van der Waals surface area contributed by atoms with Gasteiger partial charge < -0.3 is 14.8 Å². The Bertz CT molecular complexity index is 490. The zero-order valence-corrected chi connectivity index (χ0v) is 13.8. The van der Waals surface area contributed by atoms with Crippen molar-refractivity contribution in [2.75, 3.05) is 13.7 Å². The van der Waals surface area contributed by atoms with E-state index in [9.17, 15) is 5.11 Å². The highest BCUT2D eigenvalue weighted by Gasteiger charge is 2.50. The van der Waals surface area contributed by atoms with Crippen LogP contribution >= 0.6 is 0 Å². The van der Waals surface area contributed by atoms with Gasteiger partial charge in [-0.2, -0.15) is 0 Å². The van der Waals surface area contributed by atoms with Crippen LogP contribution < -0.4 is 0 Å². The van der Waals surface area contributed by atoms with E-state index in [0.717, 1.165) is 51.0 Å². The Labute approximate surface area is 133 Å². The number of fused-ring (bicyclic) bond motifs is 1. The van der Waals surface area contributed by atoms with E-state index in [1.54, 1.807) is 0 Å². The Kier molecular flexibility index (Phi) is 4.85. The lowest BCUT2D eigenvalue weighted by Gasteiger charge is -2.42. The second-order valence-corrected chi connectivity index (χ2v) is 6.89. The predicted molar refractivity (Wildman–Crippen MR) is 85.6 cm³/mol. The molecule has 5 nitrogen and oxygen atoms in total. The average molecular weight is 307 g/mol. The van der Waals surface area contributed by atoms with Crippen LogP contribution in [0.4, 0.5) is 0 Å². The quantitative estimate of drug-likeness (QED) is 0.846. The summed E-state index contributed by atoms with van der Waals surface area (Å²) >= 11 is 0. The Balaban J connectivity index is 1.66. The first-order valence-electron chi connectivity index (χ1n) is 8.67. The van der Waals surface area contributed by atoms with Gasteiger partial charge in [0.05, 0.1) is 11.7 Å². The molecule has 22 heavy (non-hydrogen) atoms. The third-order valence-corrected chi connectivity index (χ3v) is 5.49. The number of likely N-dealkylation sites (tertiary alicyclic amines) is 1. The van der Waals surface area contributed by atoms with Crippen LogP contribution in [0, 0.1) is 0 Å². The van der Waals surface area contributed by atoms with Crippen molar-refractivity contribution in [3.63, 3.8) is 0 Å². The molecular formula is C17H29N3O2. The molecule has 1 aliphatic heterocycles. The molecule has 0 unspecified atom stereocenters. The first kappa shape index (κ1) is 16.0. The zero-order valence-electron chi connectivity index (χ0n) is 13.8. The van der Waals surface area contributed by atoms with Gasteiger partial charge in [-0.25, -0.2) is 4.98 Å². The summed E-state index contributed by atoms with van der Waals surface area (Å²) in [6, 6.07) is 0.323. The number of aromatic amines is 1. The van der Waals surface area contributed by atoms with Crippen LogP contribution in [0.2, 0.25) is 0 Å². The van der Waals surface area contributed by atoms with Crippen molar-refractivity contribution in [2.45, 2.75) is 76.2 Å². The van der Waals surface area contributed by atoms with Crippen molar-refractivity contribution in [3.8, 4) is 0 Å². The number of nitrogens with one attached hydrogen (secondary N) is 1. The van der Waals surface area contributed by atoms with E-state index >= 15 is 0 Å². The number of imidazole rings is 1. The van der Waals surface area contributed by atoms with Crippen LogP contribution in [0.3, 0.4) is 0 Å². The number of methoxy groups -OCH3 is 1. The van der Waals surface area contributed by atoms with Gasteiger partial charge >= 0.3 is 0 Å². The van der Waals surface area contributed by atoms with E-state index < -0.39 is 0 Å². The molecule has 1 aromatic rings. The Hall–Kier alpha value is -0.910. The van der Waals surface area contributed by atoms with Gasteiger partial charge in [0.1, 0.15) is 5.82 Å². The third kappa shape index (κ3) is 3.07. The number of unbranched alkanes of at least 4 members (excludes halogenated alkanes) is 1. The maximum absolute atomic E-state index is 10.0. The highest BCUT2D eigenvalue weighted by molar-refractivity contribution is 5.08. The standard InChI is InChI=1S/C17H29N3O2/c1-3-4-5-16-18-11-13(19-16)12-20-9-8-17(22-2)7-6-14(21)10-15(17)20/h11,14-15,21H,3-10,12H2,1-2H3,(H,18,19)/t14-,15+,17-/m1/s1. The molecule has 0 aromatic carbocycles. The maximum atomic E-state index is 10.0. The van der Waals surface area contributed by atoms with Crippen LogP contribution in [-0.4, -0.2) is 51.4 Å². The van der Waals surface area contributed by atoms with E-state index in [1.807, 2.05) is 13.3 Å². The van der Waals surface area contributed by atoms with Gasteiger partial charge in [0, 0.05) is 44.6 Å². The normalized spacial score (nSPS) is 32.3. The number of nitrogens with zero attached hydrogens (tertiary/aromatic N) is 2. The highest BCUT2D eigenvalue weighted by Crippen LogP contribution is 2.42. The van der Waals surface area contributed by atoms with Crippen LogP contribution in [0.5, 0.6) is 0 Å². The minimum atomic E-state index is -0.184. The fraction of sp³-hybridized carbons (Fsp3) is 0.824. The Morgan fingerprint density at radius 1 is 1.50 bits per heavy atom. The fourth-order valence-electron chi connectivity index (χ4n) is 4.14. The van der Waals surface area contributed by atoms with Crippen LogP contribution in [-0.2, 0) is 17.7 Å². The van der Waals surface area contributed by atoms with E-state index in [4.69, 9.17) is 4.74 Å².